The number of amides is 1. The molecule has 2 aromatic carbocycles. The Kier molecular flexibility index (Phi) is 6.80. The molecule has 1 N–H and O–H groups in total. The molecule has 5 rings (SSSR count). The van der Waals surface area contributed by atoms with Gasteiger partial charge in [0.2, 0.25) is 0 Å². The predicted molar refractivity (Wildman–Crippen MR) is 142 cm³/mol. The smallest absolute Gasteiger partial charge is 0.253 e. The molecule has 1 amide bonds. The first-order valence-electron chi connectivity index (χ1n) is 12.2. The summed E-state index contributed by atoms with van der Waals surface area (Å²) < 4.78 is 17.3. The highest BCUT2D eigenvalue weighted by Gasteiger charge is 2.19. The average molecular weight is 497 g/mol. The highest BCUT2D eigenvalue weighted by Crippen LogP contribution is 2.38. The Labute approximate surface area is 215 Å². The predicted octanol–water partition coefficient (Wildman–Crippen LogP) is 5.33. The molecule has 1 aliphatic heterocycles. The van der Waals surface area contributed by atoms with Crippen LogP contribution in [0, 0.1) is 11.3 Å². The van der Waals surface area contributed by atoms with Gasteiger partial charge in [-0.25, -0.2) is 0 Å². The van der Waals surface area contributed by atoms with Gasteiger partial charge in [0, 0.05) is 56.7 Å². The van der Waals surface area contributed by atoms with Crippen LogP contribution in [0.5, 0.6) is 5.75 Å². The lowest BCUT2D eigenvalue weighted by molar-refractivity contribution is 0.0827. The van der Waals surface area contributed by atoms with E-state index in [1.54, 1.807) is 39.5 Å². The van der Waals surface area contributed by atoms with Gasteiger partial charge in [0.1, 0.15) is 23.1 Å². The summed E-state index contributed by atoms with van der Waals surface area (Å²) in [7, 11) is 4.98. The third kappa shape index (κ3) is 4.86. The van der Waals surface area contributed by atoms with Crippen molar-refractivity contribution in [1.82, 2.24) is 9.88 Å². The molecule has 1 saturated heterocycles. The van der Waals surface area contributed by atoms with Crippen molar-refractivity contribution in [1.29, 1.82) is 5.26 Å². The molecular formula is C29H28N4O4. The molecule has 2 aromatic heterocycles. The first-order valence-corrected chi connectivity index (χ1v) is 12.2. The van der Waals surface area contributed by atoms with Crippen LogP contribution in [0.3, 0.4) is 0 Å². The number of furan rings is 1. The minimum absolute atomic E-state index is 0.110. The largest absolute Gasteiger partial charge is 0.496 e. The zero-order valence-electron chi connectivity index (χ0n) is 21.1. The Morgan fingerprint density at radius 2 is 1.92 bits per heavy atom. The van der Waals surface area contributed by atoms with E-state index in [1.165, 1.54) is 4.90 Å². The number of nitrogens with one attached hydrogen (secondary N) is 1. The maximum absolute atomic E-state index is 12.4. The monoisotopic (exact) mass is 496 g/mol. The molecule has 0 radical (unpaired) electrons. The van der Waals surface area contributed by atoms with Gasteiger partial charge in [0.25, 0.3) is 5.91 Å². The number of aromatic nitrogens is 1. The number of pyridine rings is 1. The normalized spacial score (nSPS) is 13.8. The van der Waals surface area contributed by atoms with E-state index in [-0.39, 0.29) is 5.91 Å². The highest BCUT2D eigenvalue weighted by atomic mass is 16.5. The van der Waals surface area contributed by atoms with E-state index < -0.39 is 0 Å². The number of carbonyl (C=O) groups excluding carboxylic acids is 1. The Bertz CT molecular complexity index is 1500. The summed E-state index contributed by atoms with van der Waals surface area (Å²) in [4.78, 5) is 18.4. The van der Waals surface area contributed by atoms with E-state index in [1.807, 2.05) is 36.4 Å². The molecular weight excluding hydrogens is 468 g/mol. The maximum atomic E-state index is 12.4. The number of benzene rings is 2. The van der Waals surface area contributed by atoms with Crippen LogP contribution in [0.25, 0.3) is 33.6 Å². The summed E-state index contributed by atoms with van der Waals surface area (Å²) in [6.45, 7) is 1.46. The number of nitriles is 1. The summed E-state index contributed by atoms with van der Waals surface area (Å²) in [5.74, 6) is 0.999. The summed E-state index contributed by atoms with van der Waals surface area (Å²) >= 11 is 0. The van der Waals surface area contributed by atoms with Crippen LogP contribution in [-0.4, -0.2) is 56.3 Å². The van der Waals surface area contributed by atoms with E-state index in [4.69, 9.17) is 13.9 Å². The van der Waals surface area contributed by atoms with Crippen LogP contribution in [0.2, 0.25) is 0 Å². The quantitative estimate of drug-likeness (QED) is 0.385. The minimum atomic E-state index is -0.110. The number of rotatable bonds is 6. The lowest BCUT2D eigenvalue weighted by atomic mass is 10.0. The number of anilines is 1. The maximum Gasteiger partial charge on any atom is 0.253 e. The number of methoxy groups -OCH3 is 1. The van der Waals surface area contributed by atoms with Crippen molar-refractivity contribution in [2.24, 2.45) is 0 Å². The topological polar surface area (TPSA) is 101 Å². The van der Waals surface area contributed by atoms with Crippen molar-refractivity contribution in [3.63, 3.8) is 0 Å². The molecule has 0 saturated carbocycles. The van der Waals surface area contributed by atoms with E-state index >= 15 is 0 Å². The molecule has 1 fully saturated rings. The molecule has 8 heteroatoms. The standard InChI is InChI=1S/C29H28N4O4/c1-33(2)29(34)19-4-6-23(26(15-19)35-3)27-16-25-28(37-27)22(8-11-31-25)18-5-7-24(20(14-18)17-30)32-21-9-12-36-13-10-21/h4-8,11,14-16,21,32H,9-10,12-13H2,1-3H3. The molecule has 8 nitrogen and oxygen atoms in total. The first-order chi connectivity index (χ1) is 18.0. The second-order valence-corrected chi connectivity index (χ2v) is 9.20. The van der Waals surface area contributed by atoms with Gasteiger partial charge in [-0.2, -0.15) is 5.26 Å². The van der Waals surface area contributed by atoms with Gasteiger partial charge in [0.05, 0.1) is 23.9 Å². The van der Waals surface area contributed by atoms with Gasteiger partial charge >= 0.3 is 0 Å². The van der Waals surface area contributed by atoms with Crippen LogP contribution < -0.4 is 10.1 Å². The Hall–Kier alpha value is -4.35. The van der Waals surface area contributed by atoms with E-state index in [0.29, 0.717) is 39.8 Å². The van der Waals surface area contributed by atoms with Crippen molar-refractivity contribution >= 4 is 22.7 Å². The summed E-state index contributed by atoms with van der Waals surface area (Å²) in [6, 6.07) is 17.5. The van der Waals surface area contributed by atoms with Gasteiger partial charge in [-0.15, -0.1) is 0 Å². The summed E-state index contributed by atoms with van der Waals surface area (Å²) in [5.41, 5.74) is 5.64. The summed E-state index contributed by atoms with van der Waals surface area (Å²) in [5, 5.41) is 13.3. The Balaban J connectivity index is 1.51. The van der Waals surface area contributed by atoms with Gasteiger partial charge in [-0.1, -0.05) is 6.07 Å². The van der Waals surface area contributed by atoms with Crippen molar-refractivity contribution in [3.05, 3.63) is 65.9 Å². The molecule has 188 valence electrons. The number of fused-ring (bicyclic) bond motifs is 1. The van der Waals surface area contributed by atoms with Gasteiger partial charge in [-0.05, 0) is 54.8 Å². The number of hydrogen-bond donors (Lipinski definition) is 1. The third-order valence-corrected chi connectivity index (χ3v) is 6.56. The van der Waals surface area contributed by atoms with Crippen LogP contribution in [0.1, 0.15) is 28.8 Å². The van der Waals surface area contributed by atoms with Gasteiger partial charge in [-0.3, -0.25) is 9.78 Å². The van der Waals surface area contributed by atoms with E-state index in [9.17, 15) is 10.1 Å². The average Bonchev–Trinajstić information content (AvgIpc) is 3.37. The number of ether oxygens (including phenoxy) is 2. The molecule has 37 heavy (non-hydrogen) atoms. The van der Waals surface area contributed by atoms with Gasteiger partial charge < -0.3 is 24.1 Å². The number of nitrogens with zero attached hydrogens (tertiary/aromatic N) is 3. The lowest BCUT2D eigenvalue weighted by Gasteiger charge is -2.24. The second kappa shape index (κ2) is 10.3. The first kappa shape index (κ1) is 24.3. The second-order valence-electron chi connectivity index (χ2n) is 9.20. The fourth-order valence-corrected chi connectivity index (χ4v) is 4.58. The lowest BCUT2D eigenvalue weighted by Crippen LogP contribution is -2.28. The molecule has 0 aliphatic carbocycles. The van der Waals surface area contributed by atoms with Crippen LogP contribution >= 0.6 is 0 Å². The van der Waals surface area contributed by atoms with E-state index in [2.05, 4.69) is 16.4 Å². The van der Waals surface area contributed by atoms with Crippen molar-refractivity contribution in [2.75, 3.05) is 39.7 Å². The summed E-state index contributed by atoms with van der Waals surface area (Å²) in [6.07, 6.45) is 3.56. The SMILES string of the molecule is COc1cc(C(=O)N(C)C)ccc1-c1cc2nccc(-c3ccc(NC4CCOCC4)c(C#N)c3)c2o1. The fraction of sp³-hybridized carbons (Fsp3) is 0.276. The molecule has 0 atom stereocenters. The minimum Gasteiger partial charge on any atom is -0.496 e. The van der Waals surface area contributed by atoms with Crippen molar-refractivity contribution in [3.8, 4) is 34.3 Å². The van der Waals surface area contributed by atoms with Crippen LogP contribution in [0.4, 0.5) is 5.69 Å². The molecule has 0 bridgehead atoms. The van der Waals surface area contributed by atoms with Crippen molar-refractivity contribution < 1.29 is 18.7 Å². The zero-order valence-corrected chi connectivity index (χ0v) is 21.1. The Morgan fingerprint density at radius 3 is 2.65 bits per heavy atom. The molecule has 3 heterocycles. The van der Waals surface area contributed by atoms with Gasteiger partial charge in [0.15, 0.2) is 5.58 Å². The van der Waals surface area contributed by atoms with Crippen molar-refractivity contribution in [2.45, 2.75) is 18.9 Å². The number of carbonyl (C=O) groups is 1. The highest BCUT2D eigenvalue weighted by molar-refractivity contribution is 5.96. The zero-order chi connectivity index (χ0) is 25.9. The molecule has 4 aromatic rings. The third-order valence-electron chi connectivity index (χ3n) is 6.56. The molecule has 0 spiro atoms. The van der Waals surface area contributed by atoms with Crippen LogP contribution in [0.15, 0.2) is 59.1 Å². The number of hydrogen-bond acceptors (Lipinski definition) is 7. The fourth-order valence-electron chi connectivity index (χ4n) is 4.58. The van der Waals surface area contributed by atoms with Crippen LogP contribution in [-0.2, 0) is 4.74 Å². The molecule has 1 aliphatic rings. The molecule has 0 unspecified atom stereocenters. The van der Waals surface area contributed by atoms with E-state index in [0.717, 1.165) is 48.4 Å². The Morgan fingerprint density at radius 1 is 1.11 bits per heavy atom.